The molecular weight excluding hydrogens is 540 g/mol. The number of hydrogen-bond acceptors (Lipinski definition) is 6. The lowest BCUT2D eigenvalue weighted by Crippen LogP contribution is -2.51. The van der Waals surface area contributed by atoms with Gasteiger partial charge in [0.05, 0.1) is 24.0 Å². The number of methoxy groups -OCH3 is 1. The number of carbonyl (C=O) groups is 1. The van der Waals surface area contributed by atoms with E-state index >= 15 is 0 Å². The van der Waals surface area contributed by atoms with Crippen molar-refractivity contribution in [1.29, 1.82) is 0 Å². The van der Waals surface area contributed by atoms with Crippen LogP contribution in [0.2, 0.25) is 5.02 Å². The highest BCUT2D eigenvalue weighted by Crippen LogP contribution is 2.29. The number of rotatable bonds is 9. The molecule has 2 aromatic carbocycles. The van der Waals surface area contributed by atoms with Crippen LogP contribution >= 0.6 is 11.6 Å². The summed E-state index contributed by atoms with van der Waals surface area (Å²) >= 11 is 3.47. The van der Waals surface area contributed by atoms with Crippen LogP contribution in [0.25, 0.3) is 0 Å². The monoisotopic (exact) mass is 565 g/mol. The fraction of sp³-hybridized carbons (Fsp3) is 0.409. The van der Waals surface area contributed by atoms with Crippen molar-refractivity contribution in [2.45, 2.75) is 12.6 Å². The highest BCUT2D eigenvalue weighted by molar-refractivity contribution is 7.88. The molecule has 0 aromatic heterocycles. The smallest absolute Gasteiger partial charge is 0.337 e. The molecule has 2 atom stereocenters. The quantitative estimate of drug-likeness (QED) is 0.368. The molecule has 0 spiro atoms. The summed E-state index contributed by atoms with van der Waals surface area (Å²) in [6.45, 7) is 0.668. The number of carbonyl (C=O) groups excluding carboxylic acids is 1. The largest absolute Gasteiger partial charge is 0.465 e. The molecule has 2 unspecified atom stereocenters. The number of sulfonamides is 1. The van der Waals surface area contributed by atoms with E-state index in [0.29, 0.717) is 18.7 Å². The van der Waals surface area contributed by atoms with Crippen LogP contribution in [0.4, 0.5) is 8.78 Å². The first-order valence-electron chi connectivity index (χ1n) is 10.8. The van der Waals surface area contributed by atoms with E-state index in [0.717, 1.165) is 16.6 Å². The summed E-state index contributed by atoms with van der Waals surface area (Å²) in [5.74, 6) is -2.10. The van der Waals surface area contributed by atoms with Gasteiger partial charge in [0, 0.05) is 50.9 Å². The van der Waals surface area contributed by atoms with Gasteiger partial charge in [-0.1, -0.05) is 23.7 Å². The van der Waals surface area contributed by atoms with Crippen LogP contribution < -0.4 is 0 Å². The minimum absolute atomic E-state index is 0.00185. The molecule has 0 bridgehead atoms. The third-order valence-electron chi connectivity index (χ3n) is 5.93. The molecule has 1 heterocycles. The van der Waals surface area contributed by atoms with Crippen LogP contribution in [0.15, 0.2) is 36.4 Å². The predicted octanol–water partition coefficient (Wildman–Crippen LogP) is 2.66. The second-order valence-corrected chi connectivity index (χ2v) is 11.6. The number of halogens is 3. The van der Waals surface area contributed by atoms with Crippen molar-refractivity contribution < 1.29 is 35.5 Å². The fourth-order valence-corrected chi connectivity index (χ4v) is 5.52. The van der Waals surface area contributed by atoms with Gasteiger partial charge < -0.3 is 4.74 Å². The Hall–Kier alpha value is -2.00. The highest BCUT2D eigenvalue weighted by atomic mass is 35.5. The first-order valence-corrected chi connectivity index (χ1v) is 14.1. The topological polar surface area (TPSA) is 107 Å². The lowest BCUT2D eigenvalue weighted by molar-refractivity contribution is 0.0600. The maximum atomic E-state index is 14.7. The summed E-state index contributed by atoms with van der Waals surface area (Å²) in [6.07, 6.45) is 1.12. The maximum absolute atomic E-state index is 14.7. The first kappa shape index (κ1) is 28.6. The molecule has 3 rings (SSSR count). The summed E-state index contributed by atoms with van der Waals surface area (Å²) < 4.78 is 81.6. The fourth-order valence-electron chi connectivity index (χ4n) is 3.99. The predicted molar refractivity (Wildman–Crippen MR) is 131 cm³/mol. The van der Waals surface area contributed by atoms with Gasteiger partial charge in [-0.15, -0.1) is 0 Å². The van der Waals surface area contributed by atoms with Gasteiger partial charge in [-0.2, -0.15) is 8.61 Å². The van der Waals surface area contributed by atoms with Gasteiger partial charge in [-0.25, -0.2) is 26.2 Å². The average molecular weight is 566 g/mol. The van der Waals surface area contributed by atoms with E-state index in [4.69, 9.17) is 11.6 Å². The molecule has 36 heavy (non-hydrogen) atoms. The van der Waals surface area contributed by atoms with Gasteiger partial charge in [0.1, 0.15) is 11.6 Å². The summed E-state index contributed by atoms with van der Waals surface area (Å²) in [5, 5.41) is -0.131. The second-order valence-electron chi connectivity index (χ2n) is 8.24. The molecule has 1 aliphatic rings. The van der Waals surface area contributed by atoms with Gasteiger partial charge in [0.25, 0.3) is 0 Å². The number of esters is 1. The summed E-state index contributed by atoms with van der Waals surface area (Å²) in [7, 11) is -2.21. The SMILES string of the molecule is COC(=O)c1ccc(CN(CC(c2ccc(F)c(Cl)c2)N2CCN(S(C)(=O)=O)CC2)S(=O)O)c(F)c1. The Morgan fingerprint density at radius 1 is 1.17 bits per heavy atom. The summed E-state index contributed by atoms with van der Waals surface area (Å²) in [4.78, 5) is 13.6. The minimum atomic E-state index is -3.38. The molecule has 1 aliphatic heterocycles. The summed E-state index contributed by atoms with van der Waals surface area (Å²) in [6, 6.07) is 7.18. The molecule has 0 amide bonds. The van der Waals surface area contributed by atoms with Gasteiger partial charge in [-0.05, 0) is 29.8 Å². The zero-order valence-electron chi connectivity index (χ0n) is 19.6. The van der Waals surface area contributed by atoms with Crippen LogP contribution in [0.1, 0.15) is 27.5 Å². The zero-order valence-corrected chi connectivity index (χ0v) is 22.0. The average Bonchev–Trinajstić information content (AvgIpc) is 2.83. The van der Waals surface area contributed by atoms with Crippen LogP contribution in [-0.2, 0) is 32.6 Å². The van der Waals surface area contributed by atoms with Gasteiger partial charge >= 0.3 is 5.97 Å². The van der Waals surface area contributed by atoms with Crippen molar-refractivity contribution >= 4 is 38.9 Å². The molecule has 9 nitrogen and oxygen atoms in total. The van der Waals surface area contributed by atoms with Crippen LogP contribution in [0.5, 0.6) is 0 Å². The van der Waals surface area contributed by atoms with E-state index in [-0.39, 0.29) is 42.3 Å². The van der Waals surface area contributed by atoms with Crippen LogP contribution in [-0.4, -0.2) is 82.7 Å². The third-order valence-corrected chi connectivity index (χ3v) is 8.24. The molecule has 0 aliphatic carbocycles. The van der Waals surface area contributed by atoms with E-state index in [1.54, 1.807) is 0 Å². The molecule has 0 saturated carbocycles. The van der Waals surface area contributed by atoms with Crippen molar-refractivity contribution in [3.8, 4) is 0 Å². The third kappa shape index (κ3) is 7.06. The standard InChI is InChI=1S/C22H26ClF2N3O6S2/c1-34-22(29)16-3-4-17(20(25)12-16)13-27(35(30)31)14-21(15-5-6-19(24)18(23)11-15)26-7-9-28(10-8-26)36(2,32)33/h3-6,11-12,21H,7-10,13-14H2,1-2H3,(H,30,31). The molecule has 1 fully saturated rings. The second kappa shape index (κ2) is 12.0. The number of hydrogen-bond donors (Lipinski definition) is 1. The molecule has 1 N–H and O–H groups in total. The van der Waals surface area contributed by atoms with Gasteiger partial charge in [0.2, 0.25) is 21.3 Å². The van der Waals surface area contributed by atoms with Crippen molar-refractivity contribution in [1.82, 2.24) is 13.5 Å². The minimum Gasteiger partial charge on any atom is -0.465 e. The Kier molecular flexibility index (Phi) is 9.55. The number of ether oxygens (including phenoxy) is 1. The Balaban J connectivity index is 1.88. The van der Waals surface area contributed by atoms with E-state index in [1.807, 2.05) is 4.90 Å². The zero-order chi connectivity index (χ0) is 26.6. The number of piperazine rings is 1. The Bertz CT molecular complexity index is 1240. The Morgan fingerprint density at radius 2 is 1.83 bits per heavy atom. The summed E-state index contributed by atoms with van der Waals surface area (Å²) in [5.41, 5.74) is 0.618. The molecular formula is C22H26ClF2N3O6S2. The van der Waals surface area contributed by atoms with E-state index in [2.05, 4.69) is 4.74 Å². The van der Waals surface area contributed by atoms with Crippen LogP contribution in [0.3, 0.4) is 0 Å². The number of benzene rings is 2. The first-order chi connectivity index (χ1) is 16.9. The molecule has 1 saturated heterocycles. The molecule has 14 heteroatoms. The van der Waals surface area contributed by atoms with Crippen molar-refractivity contribution in [3.05, 3.63) is 69.7 Å². The Labute approximate surface area is 216 Å². The van der Waals surface area contributed by atoms with E-state index < -0.39 is 44.9 Å². The molecule has 2 aromatic rings. The lowest BCUT2D eigenvalue weighted by atomic mass is 10.0. The van der Waals surface area contributed by atoms with E-state index in [9.17, 15) is 30.8 Å². The van der Waals surface area contributed by atoms with Crippen molar-refractivity contribution in [2.24, 2.45) is 0 Å². The van der Waals surface area contributed by atoms with E-state index in [1.165, 1.54) is 41.7 Å². The van der Waals surface area contributed by atoms with Crippen molar-refractivity contribution in [2.75, 3.05) is 46.1 Å². The lowest BCUT2D eigenvalue weighted by Gasteiger charge is -2.40. The molecule has 0 radical (unpaired) electrons. The number of nitrogens with zero attached hydrogens (tertiary/aromatic N) is 3. The Morgan fingerprint density at radius 3 is 2.36 bits per heavy atom. The maximum Gasteiger partial charge on any atom is 0.337 e. The van der Waals surface area contributed by atoms with Gasteiger partial charge in [0.15, 0.2) is 0 Å². The highest BCUT2D eigenvalue weighted by Gasteiger charge is 2.31. The normalized spacial score (nSPS) is 17.2. The van der Waals surface area contributed by atoms with Crippen molar-refractivity contribution in [3.63, 3.8) is 0 Å². The van der Waals surface area contributed by atoms with Gasteiger partial charge in [-0.3, -0.25) is 9.45 Å². The molecule has 198 valence electrons. The van der Waals surface area contributed by atoms with Crippen LogP contribution in [0, 0.1) is 11.6 Å².